The molecule has 98 valence electrons. The van der Waals surface area contributed by atoms with E-state index >= 15 is 0 Å². The van der Waals surface area contributed by atoms with Gasteiger partial charge in [0.15, 0.2) is 0 Å². The molecule has 0 N–H and O–H groups in total. The smallest absolute Gasteiger partial charge is 0.134 e. The summed E-state index contributed by atoms with van der Waals surface area (Å²) in [5.41, 5.74) is 1.19. The molecule has 1 aromatic carbocycles. The number of benzene rings is 1. The summed E-state index contributed by atoms with van der Waals surface area (Å²) >= 11 is 5.46. The number of ether oxygens (including phenoxy) is 1. The van der Waals surface area contributed by atoms with E-state index in [1.165, 1.54) is 12.1 Å². The maximum Gasteiger partial charge on any atom is 0.134 e. The van der Waals surface area contributed by atoms with Gasteiger partial charge < -0.3 is 4.74 Å². The zero-order valence-electron chi connectivity index (χ0n) is 10.2. The summed E-state index contributed by atoms with van der Waals surface area (Å²) in [6.07, 6.45) is 1.73. The molecule has 1 aromatic heterocycles. The van der Waals surface area contributed by atoms with Crippen LogP contribution in [0.4, 0.5) is 4.39 Å². The Balaban J connectivity index is 2.09. The van der Waals surface area contributed by atoms with E-state index in [1.54, 1.807) is 24.0 Å². The first-order valence-corrected chi connectivity index (χ1v) is 6.04. The topological polar surface area (TPSA) is 39.9 Å². The van der Waals surface area contributed by atoms with Crippen LogP contribution in [0.15, 0.2) is 24.4 Å². The fourth-order valence-electron chi connectivity index (χ4n) is 1.47. The van der Waals surface area contributed by atoms with Crippen LogP contribution in [0.5, 0.6) is 5.75 Å². The van der Waals surface area contributed by atoms with E-state index in [0.717, 1.165) is 0 Å². The average Bonchev–Trinajstić information content (AvgIpc) is 2.79. The standard InChI is InChI=1S/C13H11ClFN3O/c1-18-8-12(16-17-18)9-19-13-6-10(3-2-4-14)5-11(15)7-13/h5-8H,4,9H2,1H3. The van der Waals surface area contributed by atoms with Gasteiger partial charge in [-0.1, -0.05) is 17.1 Å². The first-order valence-electron chi connectivity index (χ1n) is 5.51. The number of hydrogen-bond acceptors (Lipinski definition) is 3. The molecule has 0 bridgehead atoms. The molecule has 0 amide bonds. The van der Waals surface area contributed by atoms with Crippen molar-refractivity contribution < 1.29 is 9.13 Å². The van der Waals surface area contributed by atoms with Gasteiger partial charge in [0, 0.05) is 18.7 Å². The highest BCUT2D eigenvalue weighted by Crippen LogP contribution is 2.17. The molecule has 6 heteroatoms. The van der Waals surface area contributed by atoms with Gasteiger partial charge >= 0.3 is 0 Å². The molecule has 0 atom stereocenters. The number of nitrogens with zero attached hydrogens (tertiary/aromatic N) is 3. The van der Waals surface area contributed by atoms with Gasteiger partial charge in [-0.3, -0.25) is 4.68 Å². The van der Waals surface area contributed by atoms with Crippen LogP contribution in [-0.4, -0.2) is 20.9 Å². The van der Waals surface area contributed by atoms with Gasteiger partial charge in [0.1, 0.15) is 23.9 Å². The third-order valence-corrected chi connectivity index (χ3v) is 2.34. The normalized spacial score (nSPS) is 9.84. The molecule has 0 aliphatic carbocycles. The van der Waals surface area contributed by atoms with Crippen LogP contribution in [-0.2, 0) is 13.7 Å². The minimum atomic E-state index is -0.407. The molecule has 0 aliphatic heterocycles. The van der Waals surface area contributed by atoms with E-state index in [4.69, 9.17) is 16.3 Å². The monoisotopic (exact) mass is 279 g/mol. The highest BCUT2D eigenvalue weighted by Gasteiger charge is 2.03. The Kier molecular flexibility index (Phi) is 4.37. The molecule has 2 aromatic rings. The molecule has 19 heavy (non-hydrogen) atoms. The molecular formula is C13H11ClFN3O. The molecule has 0 spiro atoms. The summed E-state index contributed by atoms with van der Waals surface area (Å²) in [6.45, 7) is 0.222. The van der Waals surface area contributed by atoms with Crippen molar-refractivity contribution in [2.45, 2.75) is 6.61 Å². The maximum atomic E-state index is 13.4. The predicted octanol–water partition coefficient (Wildman–Crippen LogP) is 2.12. The lowest BCUT2D eigenvalue weighted by molar-refractivity contribution is 0.299. The lowest BCUT2D eigenvalue weighted by Crippen LogP contribution is -1.97. The van der Waals surface area contributed by atoms with E-state index in [1.807, 2.05) is 0 Å². The van der Waals surface area contributed by atoms with Gasteiger partial charge in [0.2, 0.25) is 0 Å². The summed E-state index contributed by atoms with van der Waals surface area (Å²) in [4.78, 5) is 0. The Morgan fingerprint density at radius 1 is 1.42 bits per heavy atom. The molecule has 1 heterocycles. The van der Waals surface area contributed by atoms with Crippen LogP contribution in [0.3, 0.4) is 0 Å². The highest BCUT2D eigenvalue weighted by molar-refractivity contribution is 6.19. The van der Waals surface area contributed by atoms with Gasteiger partial charge in [-0.2, -0.15) is 0 Å². The molecule has 4 nitrogen and oxygen atoms in total. The number of aromatic nitrogens is 3. The maximum absolute atomic E-state index is 13.4. The average molecular weight is 280 g/mol. The van der Waals surface area contributed by atoms with E-state index in [9.17, 15) is 4.39 Å². The van der Waals surface area contributed by atoms with E-state index < -0.39 is 5.82 Å². The minimum Gasteiger partial charge on any atom is -0.487 e. The van der Waals surface area contributed by atoms with E-state index in [2.05, 4.69) is 22.2 Å². The zero-order chi connectivity index (χ0) is 13.7. The van der Waals surface area contributed by atoms with Gasteiger partial charge in [-0.05, 0) is 12.1 Å². The highest BCUT2D eigenvalue weighted by atomic mass is 35.5. The van der Waals surface area contributed by atoms with Crippen molar-refractivity contribution in [2.24, 2.45) is 7.05 Å². The number of aryl methyl sites for hydroxylation is 1. The van der Waals surface area contributed by atoms with E-state index in [-0.39, 0.29) is 12.5 Å². The van der Waals surface area contributed by atoms with Crippen LogP contribution >= 0.6 is 11.6 Å². The summed E-state index contributed by atoms with van der Waals surface area (Å²) in [5, 5.41) is 7.65. The molecule has 0 saturated carbocycles. The Hall–Kier alpha value is -2.06. The zero-order valence-corrected chi connectivity index (χ0v) is 11.0. The largest absolute Gasteiger partial charge is 0.487 e. The first-order chi connectivity index (χ1) is 9.17. The molecule has 0 aliphatic rings. The lowest BCUT2D eigenvalue weighted by Gasteiger charge is -2.04. The second-order valence-corrected chi connectivity index (χ2v) is 4.05. The molecule has 0 saturated heterocycles. The van der Waals surface area contributed by atoms with Crippen LogP contribution in [0, 0.1) is 17.7 Å². The predicted molar refractivity (Wildman–Crippen MR) is 69.3 cm³/mol. The van der Waals surface area contributed by atoms with Crippen molar-refractivity contribution in [3.05, 3.63) is 41.5 Å². The Labute approximate surface area is 115 Å². The lowest BCUT2D eigenvalue weighted by atomic mass is 10.2. The number of rotatable bonds is 3. The summed E-state index contributed by atoms with van der Waals surface area (Å²) in [7, 11) is 1.76. The summed E-state index contributed by atoms with van der Waals surface area (Å²) in [5.74, 6) is 5.59. The molecular weight excluding hydrogens is 269 g/mol. The third-order valence-electron chi connectivity index (χ3n) is 2.21. The van der Waals surface area contributed by atoms with Crippen LogP contribution in [0.25, 0.3) is 0 Å². The van der Waals surface area contributed by atoms with Crippen molar-refractivity contribution in [1.29, 1.82) is 0 Å². The third kappa shape index (κ3) is 3.97. The Morgan fingerprint density at radius 3 is 2.95 bits per heavy atom. The summed E-state index contributed by atoms with van der Waals surface area (Å²) < 4.78 is 20.4. The van der Waals surface area contributed by atoms with Gasteiger partial charge in [-0.25, -0.2) is 4.39 Å². The molecule has 2 rings (SSSR count). The SMILES string of the molecule is Cn1cc(COc2cc(F)cc(C#CCCl)c2)nn1. The second-order valence-electron chi connectivity index (χ2n) is 3.78. The summed E-state index contributed by atoms with van der Waals surface area (Å²) in [6, 6.07) is 4.27. The fourth-order valence-corrected chi connectivity index (χ4v) is 1.54. The first kappa shape index (κ1) is 13.4. The van der Waals surface area contributed by atoms with Crippen molar-refractivity contribution in [1.82, 2.24) is 15.0 Å². The Bertz CT molecular complexity index is 630. The van der Waals surface area contributed by atoms with Gasteiger partial charge in [0.25, 0.3) is 0 Å². The number of alkyl halides is 1. The minimum absolute atomic E-state index is 0.201. The number of hydrogen-bond donors (Lipinski definition) is 0. The van der Waals surface area contributed by atoms with Crippen molar-refractivity contribution in [3.8, 4) is 17.6 Å². The Morgan fingerprint density at radius 2 is 2.26 bits per heavy atom. The molecule has 0 radical (unpaired) electrons. The van der Waals surface area contributed by atoms with Crippen LogP contribution < -0.4 is 4.74 Å². The fraction of sp³-hybridized carbons (Fsp3) is 0.231. The van der Waals surface area contributed by atoms with Crippen molar-refractivity contribution in [2.75, 3.05) is 5.88 Å². The van der Waals surface area contributed by atoms with Crippen molar-refractivity contribution in [3.63, 3.8) is 0 Å². The van der Waals surface area contributed by atoms with E-state index in [0.29, 0.717) is 17.0 Å². The quantitative estimate of drug-likeness (QED) is 0.638. The van der Waals surface area contributed by atoms with Gasteiger partial charge in [0.05, 0.1) is 12.1 Å². The van der Waals surface area contributed by atoms with Crippen molar-refractivity contribution >= 4 is 11.6 Å². The molecule has 0 fully saturated rings. The van der Waals surface area contributed by atoms with Crippen LogP contribution in [0.2, 0.25) is 0 Å². The molecule has 0 unspecified atom stereocenters. The van der Waals surface area contributed by atoms with Gasteiger partial charge in [-0.15, -0.1) is 16.7 Å². The van der Waals surface area contributed by atoms with Crippen LogP contribution in [0.1, 0.15) is 11.3 Å². The second kappa shape index (κ2) is 6.21. The number of halogens is 2.